The van der Waals surface area contributed by atoms with Crippen molar-refractivity contribution in [2.75, 3.05) is 13.1 Å². The van der Waals surface area contributed by atoms with Gasteiger partial charge in [0.15, 0.2) is 0 Å². The van der Waals surface area contributed by atoms with Crippen LogP contribution in [0.3, 0.4) is 0 Å². The lowest BCUT2D eigenvalue weighted by atomic mass is 9.63. The van der Waals surface area contributed by atoms with E-state index in [0.717, 1.165) is 50.9 Å². The van der Waals surface area contributed by atoms with Crippen LogP contribution < -0.4 is 0 Å². The van der Waals surface area contributed by atoms with E-state index in [0.29, 0.717) is 5.92 Å². The van der Waals surface area contributed by atoms with Crippen LogP contribution in [0.1, 0.15) is 63.0 Å². The Bertz CT molecular complexity index is 775. The largest absolute Gasteiger partial charge is 0.299 e. The summed E-state index contributed by atoms with van der Waals surface area (Å²) in [5.74, 6) is 0.139. The van der Waals surface area contributed by atoms with E-state index >= 15 is 0 Å². The molecule has 0 N–H and O–H groups in total. The maximum Gasteiger partial charge on any atom is 0.123 e. The van der Waals surface area contributed by atoms with Gasteiger partial charge in [-0.1, -0.05) is 68.7 Å². The molecular weight excluding hydrogens is 359 g/mol. The molecule has 2 nitrogen and oxygen atoms in total. The van der Waals surface area contributed by atoms with Crippen molar-refractivity contribution >= 4 is 0 Å². The van der Waals surface area contributed by atoms with Crippen molar-refractivity contribution in [1.82, 2.24) is 4.90 Å². The first-order valence-corrected chi connectivity index (χ1v) is 11.1. The third kappa shape index (κ3) is 5.46. The molecule has 0 aliphatic heterocycles. The maximum absolute atomic E-state index is 13.5. The van der Waals surface area contributed by atoms with Gasteiger partial charge in [0.1, 0.15) is 5.82 Å². The fraction of sp³-hybridized carbons (Fsp3) is 0.500. The topological polar surface area (TPSA) is 27.0 Å². The number of rotatable bonds is 9. The van der Waals surface area contributed by atoms with E-state index in [9.17, 15) is 9.65 Å². The van der Waals surface area contributed by atoms with Crippen LogP contribution in [0.2, 0.25) is 0 Å². The first-order chi connectivity index (χ1) is 14.2. The molecule has 1 atom stereocenters. The first-order valence-electron chi connectivity index (χ1n) is 11.1. The van der Waals surface area contributed by atoms with Crippen LogP contribution in [0.5, 0.6) is 0 Å². The van der Waals surface area contributed by atoms with Gasteiger partial charge in [-0.05, 0) is 68.0 Å². The highest BCUT2D eigenvalue weighted by Gasteiger charge is 2.40. The highest BCUT2D eigenvalue weighted by atomic mass is 19.1. The van der Waals surface area contributed by atoms with E-state index in [1.165, 1.54) is 37.0 Å². The zero-order chi connectivity index (χ0) is 20.5. The molecule has 2 aromatic rings. The molecule has 0 saturated heterocycles. The zero-order valence-electron chi connectivity index (χ0n) is 17.6. The minimum absolute atomic E-state index is 0.232. The molecule has 29 heavy (non-hydrogen) atoms. The van der Waals surface area contributed by atoms with E-state index in [2.05, 4.69) is 42.2 Å². The molecule has 3 heteroatoms. The Hall–Kier alpha value is -2.18. The highest BCUT2D eigenvalue weighted by Crippen LogP contribution is 2.44. The Morgan fingerprint density at radius 2 is 1.72 bits per heavy atom. The quantitative estimate of drug-likeness (QED) is 0.489. The number of nitriles is 1. The van der Waals surface area contributed by atoms with Crippen molar-refractivity contribution < 1.29 is 4.39 Å². The first kappa shape index (κ1) is 21.5. The van der Waals surface area contributed by atoms with Crippen LogP contribution in [0.15, 0.2) is 54.6 Å². The van der Waals surface area contributed by atoms with Crippen LogP contribution in [-0.4, -0.2) is 18.0 Å². The molecule has 0 radical (unpaired) electrons. The Balaban J connectivity index is 1.72. The Kier molecular flexibility index (Phi) is 7.83. The number of nitrogens with zero attached hydrogens (tertiary/aromatic N) is 2. The minimum Gasteiger partial charge on any atom is -0.299 e. The van der Waals surface area contributed by atoms with Gasteiger partial charge in [-0.2, -0.15) is 5.26 Å². The summed E-state index contributed by atoms with van der Waals surface area (Å²) in [6.07, 6.45) is 7.68. The van der Waals surface area contributed by atoms with Gasteiger partial charge in [-0.15, -0.1) is 0 Å². The van der Waals surface area contributed by atoms with E-state index in [4.69, 9.17) is 0 Å². The van der Waals surface area contributed by atoms with Gasteiger partial charge in [-0.25, -0.2) is 4.39 Å². The average molecular weight is 393 g/mol. The van der Waals surface area contributed by atoms with Gasteiger partial charge in [0, 0.05) is 6.54 Å². The van der Waals surface area contributed by atoms with E-state index in [1.54, 1.807) is 0 Å². The predicted molar refractivity (Wildman–Crippen MR) is 117 cm³/mol. The second-order valence-electron chi connectivity index (χ2n) is 8.38. The van der Waals surface area contributed by atoms with Crippen LogP contribution in [0.4, 0.5) is 4.39 Å². The summed E-state index contributed by atoms with van der Waals surface area (Å²) in [5, 5.41) is 10.4. The summed E-state index contributed by atoms with van der Waals surface area (Å²) in [6.45, 7) is 5.11. The molecule has 1 unspecified atom stereocenters. The maximum atomic E-state index is 13.5. The number of benzene rings is 2. The third-order valence-corrected chi connectivity index (χ3v) is 6.60. The van der Waals surface area contributed by atoms with Gasteiger partial charge >= 0.3 is 0 Å². The Morgan fingerprint density at radius 1 is 1.03 bits per heavy atom. The SMILES string of the molecule is CCN(CCCC(C#N)(c1ccc(F)cc1)C1CCCCC1)Cc1ccccc1. The van der Waals surface area contributed by atoms with Crippen LogP contribution in [0.25, 0.3) is 0 Å². The van der Waals surface area contributed by atoms with Crippen molar-refractivity contribution in [2.24, 2.45) is 5.92 Å². The lowest BCUT2D eigenvalue weighted by molar-refractivity contribution is 0.215. The molecule has 1 saturated carbocycles. The second-order valence-corrected chi connectivity index (χ2v) is 8.38. The molecule has 0 bridgehead atoms. The molecule has 0 spiro atoms. The molecule has 154 valence electrons. The summed E-state index contributed by atoms with van der Waals surface area (Å²) in [7, 11) is 0. The molecular formula is C26H33FN2. The van der Waals surface area contributed by atoms with Gasteiger partial charge in [0.2, 0.25) is 0 Å². The Morgan fingerprint density at radius 3 is 2.34 bits per heavy atom. The second kappa shape index (κ2) is 10.6. The van der Waals surface area contributed by atoms with Crippen LogP contribution in [0, 0.1) is 23.1 Å². The number of hydrogen-bond acceptors (Lipinski definition) is 2. The molecule has 0 amide bonds. The zero-order valence-corrected chi connectivity index (χ0v) is 17.6. The molecule has 2 aromatic carbocycles. The fourth-order valence-electron chi connectivity index (χ4n) is 4.91. The Labute approximate surface area is 175 Å². The lowest BCUT2D eigenvalue weighted by Crippen LogP contribution is -2.36. The summed E-state index contributed by atoms with van der Waals surface area (Å²) in [5.41, 5.74) is 1.83. The average Bonchev–Trinajstić information content (AvgIpc) is 2.78. The molecule has 1 fully saturated rings. The molecule has 3 rings (SSSR count). The van der Waals surface area contributed by atoms with Gasteiger partial charge < -0.3 is 0 Å². The van der Waals surface area contributed by atoms with Crippen LogP contribution >= 0.6 is 0 Å². The van der Waals surface area contributed by atoms with Crippen molar-refractivity contribution in [3.05, 3.63) is 71.5 Å². The predicted octanol–water partition coefficient (Wildman–Crippen LogP) is 6.47. The summed E-state index contributed by atoms with van der Waals surface area (Å²) >= 11 is 0. The van der Waals surface area contributed by atoms with Gasteiger partial charge in [0.05, 0.1) is 11.5 Å². The van der Waals surface area contributed by atoms with E-state index < -0.39 is 5.41 Å². The lowest BCUT2D eigenvalue weighted by Gasteiger charge is -2.38. The third-order valence-electron chi connectivity index (χ3n) is 6.60. The number of hydrogen-bond donors (Lipinski definition) is 0. The van der Waals surface area contributed by atoms with Crippen molar-refractivity contribution in [3.8, 4) is 6.07 Å². The normalized spacial score (nSPS) is 17.0. The van der Waals surface area contributed by atoms with Crippen molar-refractivity contribution in [2.45, 2.75) is 63.8 Å². The summed E-state index contributed by atoms with van der Waals surface area (Å²) in [6, 6.07) is 20.0. The highest BCUT2D eigenvalue weighted by molar-refractivity contribution is 5.34. The minimum atomic E-state index is -0.500. The fourth-order valence-corrected chi connectivity index (χ4v) is 4.91. The standard InChI is InChI=1S/C26H33FN2/c1-2-29(20-22-10-5-3-6-11-22)19-9-18-26(21-28,23-12-7-4-8-13-23)24-14-16-25(27)17-15-24/h3,5-6,10-11,14-17,23H,2,4,7-9,12-13,18-20H2,1H3. The van der Waals surface area contributed by atoms with Crippen LogP contribution in [-0.2, 0) is 12.0 Å². The van der Waals surface area contributed by atoms with E-state index in [-0.39, 0.29) is 5.82 Å². The molecule has 0 heterocycles. The number of halogens is 1. The monoisotopic (exact) mass is 392 g/mol. The molecule has 1 aliphatic rings. The van der Waals surface area contributed by atoms with Crippen molar-refractivity contribution in [3.63, 3.8) is 0 Å². The van der Waals surface area contributed by atoms with Crippen molar-refractivity contribution in [1.29, 1.82) is 5.26 Å². The molecule has 1 aliphatic carbocycles. The summed E-state index contributed by atoms with van der Waals surface area (Å²) in [4.78, 5) is 2.45. The molecule has 0 aromatic heterocycles. The smallest absolute Gasteiger partial charge is 0.123 e. The summed E-state index contributed by atoms with van der Waals surface area (Å²) < 4.78 is 13.5. The van der Waals surface area contributed by atoms with Gasteiger partial charge in [0.25, 0.3) is 0 Å². The van der Waals surface area contributed by atoms with Gasteiger partial charge in [-0.3, -0.25) is 4.90 Å². The van der Waals surface area contributed by atoms with E-state index in [1.807, 2.05) is 18.2 Å².